The summed E-state index contributed by atoms with van der Waals surface area (Å²) in [6.45, 7) is 2.96. The second-order valence-electron chi connectivity index (χ2n) is 6.15. The van der Waals surface area contributed by atoms with E-state index in [4.69, 9.17) is 0 Å². The summed E-state index contributed by atoms with van der Waals surface area (Å²) in [6, 6.07) is 5.77. The van der Waals surface area contributed by atoms with Crippen molar-refractivity contribution in [1.29, 1.82) is 0 Å². The lowest BCUT2D eigenvalue weighted by Gasteiger charge is -2.36. The lowest BCUT2D eigenvalue weighted by molar-refractivity contribution is -0.137. The molecule has 1 heterocycles. The first-order valence-corrected chi connectivity index (χ1v) is 7.86. The van der Waals surface area contributed by atoms with Gasteiger partial charge in [-0.05, 0) is 31.0 Å². The van der Waals surface area contributed by atoms with Gasteiger partial charge in [-0.15, -0.1) is 0 Å². The number of benzene rings is 1. The van der Waals surface area contributed by atoms with E-state index < -0.39 is 11.7 Å². The first kappa shape index (κ1) is 16.1. The van der Waals surface area contributed by atoms with Crippen molar-refractivity contribution < 1.29 is 18.0 Å². The topological polar surface area (TPSA) is 35.6 Å². The molecule has 23 heavy (non-hydrogen) atoms. The molecule has 1 saturated carbocycles. The van der Waals surface area contributed by atoms with Gasteiger partial charge in [0.15, 0.2) is 0 Å². The summed E-state index contributed by atoms with van der Waals surface area (Å²) < 4.78 is 38.3. The molecule has 0 spiro atoms. The van der Waals surface area contributed by atoms with E-state index in [0.717, 1.165) is 18.9 Å². The van der Waals surface area contributed by atoms with E-state index in [1.54, 1.807) is 6.07 Å². The Morgan fingerprint density at radius 1 is 1.17 bits per heavy atom. The molecule has 7 heteroatoms. The first-order chi connectivity index (χ1) is 10.9. The predicted octanol–water partition coefficient (Wildman–Crippen LogP) is 2.11. The van der Waals surface area contributed by atoms with Gasteiger partial charge in [0, 0.05) is 37.9 Å². The summed E-state index contributed by atoms with van der Waals surface area (Å²) >= 11 is 0. The molecule has 3 rings (SSSR count). The minimum absolute atomic E-state index is 0.0417. The molecule has 2 aliphatic rings. The highest BCUT2D eigenvalue weighted by Gasteiger charge is 2.31. The maximum atomic E-state index is 12.8. The van der Waals surface area contributed by atoms with Gasteiger partial charge in [0.25, 0.3) is 0 Å². The maximum absolute atomic E-state index is 12.8. The number of amides is 1. The number of hydrogen-bond acceptors (Lipinski definition) is 3. The number of halogens is 3. The number of alkyl halides is 3. The van der Waals surface area contributed by atoms with E-state index in [1.807, 2.05) is 9.80 Å². The third kappa shape index (κ3) is 4.37. The monoisotopic (exact) mass is 327 g/mol. The fourth-order valence-electron chi connectivity index (χ4n) is 2.75. The van der Waals surface area contributed by atoms with E-state index in [9.17, 15) is 18.0 Å². The Bertz CT molecular complexity index is 564. The average molecular weight is 327 g/mol. The molecule has 0 aromatic heterocycles. The second kappa shape index (κ2) is 6.39. The predicted molar refractivity (Wildman–Crippen MR) is 81.3 cm³/mol. The van der Waals surface area contributed by atoms with Gasteiger partial charge in [-0.1, -0.05) is 6.07 Å². The highest BCUT2D eigenvalue weighted by molar-refractivity contribution is 5.78. The van der Waals surface area contributed by atoms with Crippen molar-refractivity contribution in [2.24, 2.45) is 0 Å². The number of piperazine rings is 1. The second-order valence-corrected chi connectivity index (χ2v) is 6.15. The summed E-state index contributed by atoms with van der Waals surface area (Å²) in [5.41, 5.74) is -0.0388. The molecular formula is C16H20F3N3O. The van der Waals surface area contributed by atoms with Gasteiger partial charge in [-0.2, -0.15) is 13.2 Å². The smallest absolute Gasteiger partial charge is 0.369 e. The van der Waals surface area contributed by atoms with Crippen molar-refractivity contribution in [3.63, 3.8) is 0 Å². The van der Waals surface area contributed by atoms with Gasteiger partial charge in [-0.25, -0.2) is 0 Å². The number of anilines is 1. The number of nitrogens with one attached hydrogen (secondary N) is 1. The Morgan fingerprint density at radius 2 is 1.87 bits per heavy atom. The van der Waals surface area contributed by atoms with E-state index in [0.29, 0.717) is 44.5 Å². The van der Waals surface area contributed by atoms with E-state index >= 15 is 0 Å². The molecule has 1 amide bonds. The van der Waals surface area contributed by atoms with Crippen LogP contribution >= 0.6 is 0 Å². The minimum Gasteiger partial charge on any atom is -0.369 e. The van der Waals surface area contributed by atoms with Crippen molar-refractivity contribution >= 4 is 11.6 Å². The maximum Gasteiger partial charge on any atom is 0.416 e. The molecule has 0 radical (unpaired) electrons. The van der Waals surface area contributed by atoms with Crippen LogP contribution in [-0.2, 0) is 11.0 Å². The lowest BCUT2D eigenvalue weighted by Crippen LogP contribution is -2.49. The minimum atomic E-state index is -4.32. The van der Waals surface area contributed by atoms with Gasteiger partial charge in [0.1, 0.15) is 0 Å². The van der Waals surface area contributed by atoms with Crippen LogP contribution in [-0.4, -0.2) is 49.6 Å². The van der Waals surface area contributed by atoms with Crippen molar-refractivity contribution in [2.75, 3.05) is 37.6 Å². The van der Waals surface area contributed by atoms with Gasteiger partial charge in [0.05, 0.1) is 12.1 Å². The highest BCUT2D eigenvalue weighted by atomic mass is 19.4. The molecule has 1 aliphatic heterocycles. The molecule has 1 aromatic rings. The molecule has 0 unspecified atom stereocenters. The average Bonchev–Trinajstić information content (AvgIpc) is 3.31. The van der Waals surface area contributed by atoms with Crippen LogP contribution < -0.4 is 10.2 Å². The number of rotatable bonds is 4. The molecule has 0 atom stereocenters. The van der Waals surface area contributed by atoms with Gasteiger partial charge in [0.2, 0.25) is 5.91 Å². The SMILES string of the molecule is O=C(CN1CCN(c2cccc(C(F)(F)F)c2)CC1)NC1CC1. The standard InChI is InChI=1S/C16H20F3N3O/c17-16(18,19)12-2-1-3-14(10-12)22-8-6-21(7-9-22)11-15(23)20-13-4-5-13/h1-3,10,13H,4-9,11H2,(H,20,23). The van der Waals surface area contributed by atoms with Crippen molar-refractivity contribution in [2.45, 2.75) is 25.1 Å². The molecule has 126 valence electrons. The summed E-state index contributed by atoms with van der Waals surface area (Å²) in [6.07, 6.45) is -2.19. The van der Waals surface area contributed by atoms with Crippen LogP contribution in [0.25, 0.3) is 0 Å². The lowest BCUT2D eigenvalue weighted by atomic mass is 10.1. The molecule has 0 bridgehead atoms. The summed E-state index contributed by atoms with van der Waals surface area (Å²) in [5, 5.41) is 2.95. The first-order valence-electron chi connectivity index (χ1n) is 7.86. The molecule has 1 N–H and O–H groups in total. The van der Waals surface area contributed by atoms with E-state index in [1.165, 1.54) is 12.1 Å². The van der Waals surface area contributed by atoms with Gasteiger partial charge in [-0.3, -0.25) is 9.69 Å². The highest BCUT2D eigenvalue weighted by Crippen LogP contribution is 2.31. The summed E-state index contributed by atoms with van der Waals surface area (Å²) in [4.78, 5) is 15.8. The zero-order valence-electron chi connectivity index (χ0n) is 12.8. The molecular weight excluding hydrogens is 307 g/mol. The van der Waals surface area contributed by atoms with Crippen molar-refractivity contribution in [3.05, 3.63) is 29.8 Å². The molecule has 1 saturated heterocycles. The van der Waals surface area contributed by atoms with E-state index in [-0.39, 0.29) is 5.91 Å². The molecule has 1 aliphatic carbocycles. The number of carbonyl (C=O) groups excluding carboxylic acids is 1. The van der Waals surface area contributed by atoms with Crippen LogP contribution in [0.5, 0.6) is 0 Å². The van der Waals surface area contributed by atoms with Crippen LogP contribution in [0.3, 0.4) is 0 Å². The Morgan fingerprint density at radius 3 is 2.48 bits per heavy atom. The van der Waals surface area contributed by atoms with Crippen LogP contribution in [0, 0.1) is 0 Å². The Kier molecular flexibility index (Phi) is 4.48. The van der Waals surface area contributed by atoms with Crippen molar-refractivity contribution in [1.82, 2.24) is 10.2 Å². The normalized spacial score (nSPS) is 19.7. The van der Waals surface area contributed by atoms with Crippen LogP contribution in [0.15, 0.2) is 24.3 Å². The quantitative estimate of drug-likeness (QED) is 0.920. The Hall–Kier alpha value is -1.76. The fraction of sp³-hybridized carbons (Fsp3) is 0.562. The Labute approximate surface area is 133 Å². The van der Waals surface area contributed by atoms with E-state index in [2.05, 4.69) is 5.32 Å². The van der Waals surface area contributed by atoms with Crippen LogP contribution in [0.2, 0.25) is 0 Å². The van der Waals surface area contributed by atoms with Crippen LogP contribution in [0.4, 0.5) is 18.9 Å². The van der Waals surface area contributed by atoms with Gasteiger partial charge < -0.3 is 10.2 Å². The number of nitrogens with zero attached hydrogens (tertiary/aromatic N) is 2. The molecule has 4 nitrogen and oxygen atoms in total. The number of carbonyl (C=O) groups is 1. The third-order valence-electron chi connectivity index (χ3n) is 4.22. The fourth-order valence-corrected chi connectivity index (χ4v) is 2.75. The summed E-state index contributed by atoms with van der Waals surface area (Å²) in [5.74, 6) is 0.0417. The Balaban J connectivity index is 1.53. The van der Waals surface area contributed by atoms with Crippen LogP contribution in [0.1, 0.15) is 18.4 Å². The summed E-state index contributed by atoms with van der Waals surface area (Å²) in [7, 11) is 0. The largest absolute Gasteiger partial charge is 0.416 e. The van der Waals surface area contributed by atoms with Gasteiger partial charge >= 0.3 is 6.18 Å². The molecule has 2 fully saturated rings. The molecule has 1 aromatic carbocycles. The number of hydrogen-bond donors (Lipinski definition) is 1. The third-order valence-corrected chi connectivity index (χ3v) is 4.22. The van der Waals surface area contributed by atoms with Crippen molar-refractivity contribution in [3.8, 4) is 0 Å². The zero-order valence-corrected chi connectivity index (χ0v) is 12.8. The zero-order chi connectivity index (χ0) is 16.4.